The van der Waals surface area contributed by atoms with Gasteiger partial charge in [-0.15, -0.1) is 0 Å². The Morgan fingerprint density at radius 2 is 1.52 bits per heavy atom. The number of para-hydroxylation sites is 1. The minimum absolute atomic E-state index is 0.0329. The molecule has 0 fully saturated rings. The van der Waals surface area contributed by atoms with Crippen LogP contribution >= 0.6 is 0 Å². The van der Waals surface area contributed by atoms with E-state index in [1.54, 1.807) is 54.6 Å². The van der Waals surface area contributed by atoms with Crippen LogP contribution < -0.4 is 5.56 Å². The van der Waals surface area contributed by atoms with Crippen LogP contribution in [-0.2, 0) is 0 Å². The first-order valence-corrected chi connectivity index (χ1v) is 9.13. The molecule has 0 atom stereocenters. The van der Waals surface area contributed by atoms with Crippen molar-refractivity contribution in [1.82, 2.24) is 9.55 Å². The van der Waals surface area contributed by atoms with E-state index in [0.717, 1.165) is 0 Å². The molecule has 0 aliphatic carbocycles. The molecule has 9 heteroatoms. The van der Waals surface area contributed by atoms with Gasteiger partial charge in [0.2, 0.25) is 0 Å². The van der Waals surface area contributed by atoms with Gasteiger partial charge >= 0.3 is 0 Å². The Kier molecular flexibility index (Phi) is 5.07. The summed E-state index contributed by atoms with van der Waals surface area (Å²) in [5, 5.41) is 22.4. The van der Waals surface area contributed by atoms with Crippen molar-refractivity contribution >= 4 is 34.4 Å². The van der Waals surface area contributed by atoms with Gasteiger partial charge in [0.15, 0.2) is 0 Å². The second-order valence-electron chi connectivity index (χ2n) is 6.59. The number of hydrogen-bond donors (Lipinski definition) is 0. The summed E-state index contributed by atoms with van der Waals surface area (Å²) in [6.07, 6.45) is 3.25. The van der Waals surface area contributed by atoms with Crippen LogP contribution in [0.5, 0.6) is 0 Å². The van der Waals surface area contributed by atoms with E-state index in [1.807, 2.05) is 0 Å². The number of rotatable bonds is 5. The van der Waals surface area contributed by atoms with E-state index in [4.69, 9.17) is 0 Å². The van der Waals surface area contributed by atoms with Gasteiger partial charge in [-0.1, -0.05) is 24.3 Å². The molecule has 0 N–H and O–H groups in total. The third-order valence-electron chi connectivity index (χ3n) is 4.63. The fourth-order valence-corrected chi connectivity index (χ4v) is 3.13. The number of benzene rings is 3. The predicted octanol–water partition coefficient (Wildman–Crippen LogP) is 4.37. The summed E-state index contributed by atoms with van der Waals surface area (Å²) in [5.41, 5.74) is 0.906. The monoisotopic (exact) mass is 414 g/mol. The molecule has 0 saturated heterocycles. The Morgan fingerprint density at radius 1 is 0.806 bits per heavy atom. The van der Waals surface area contributed by atoms with E-state index >= 15 is 0 Å². The second-order valence-corrected chi connectivity index (χ2v) is 6.59. The fraction of sp³-hybridized carbons (Fsp3) is 0. The zero-order valence-electron chi connectivity index (χ0n) is 15.9. The highest BCUT2D eigenvalue weighted by molar-refractivity contribution is 5.80. The summed E-state index contributed by atoms with van der Waals surface area (Å²) >= 11 is 0. The number of nitrogens with zero attached hydrogens (tertiary/aromatic N) is 4. The lowest BCUT2D eigenvalue weighted by Crippen LogP contribution is -2.22. The van der Waals surface area contributed by atoms with Gasteiger partial charge in [-0.3, -0.25) is 29.6 Å². The van der Waals surface area contributed by atoms with Gasteiger partial charge in [-0.2, -0.15) is 0 Å². The van der Waals surface area contributed by atoms with Crippen LogP contribution in [0.1, 0.15) is 11.4 Å². The number of nitro benzene ring substituents is 2. The molecule has 31 heavy (non-hydrogen) atoms. The average Bonchev–Trinajstić information content (AvgIpc) is 2.78. The average molecular weight is 414 g/mol. The molecule has 1 aromatic heterocycles. The quantitative estimate of drug-likeness (QED) is 0.353. The van der Waals surface area contributed by atoms with E-state index in [2.05, 4.69) is 4.98 Å². The van der Waals surface area contributed by atoms with Gasteiger partial charge in [-0.25, -0.2) is 4.98 Å². The molecule has 4 aromatic rings. The molecule has 0 amide bonds. The Morgan fingerprint density at radius 3 is 2.23 bits per heavy atom. The molecular formula is C22H14N4O5. The first-order chi connectivity index (χ1) is 14.9. The van der Waals surface area contributed by atoms with Gasteiger partial charge in [-0.05, 0) is 42.0 Å². The van der Waals surface area contributed by atoms with Gasteiger partial charge in [0, 0.05) is 24.3 Å². The van der Waals surface area contributed by atoms with Crippen LogP contribution in [0.3, 0.4) is 0 Å². The second kappa shape index (κ2) is 7.99. The van der Waals surface area contributed by atoms with E-state index < -0.39 is 9.85 Å². The fourth-order valence-electron chi connectivity index (χ4n) is 3.13. The van der Waals surface area contributed by atoms with Crippen LogP contribution in [0.4, 0.5) is 11.4 Å². The smallest absolute Gasteiger partial charge is 0.268 e. The maximum atomic E-state index is 13.2. The summed E-state index contributed by atoms with van der Waals surface area (Å²) in [4.78, 5) is 38.7. The van der Waals surface area contributed by atoms with Crippen LogP contribution in [0.15, 0.2) is 77.6 Å². The van der Waals surface area contributed by atoms with Crippen molar-refractivity contribution in [3.8, 4) is 5.69 Å². The third-order valence-corrected chi connectivity index (χ3v) is 4.63. The molecule has 0 spiro atoms. The lowest BCUT2D eigenvalue weighted by molar-refractivity contribution is -0.385. The largest absolute Gasteiger partial charge is 0.271 e. The first kappa shape index (κ1) is 19.6. The molecule has 0 unspecified atom stereocenters. The van der Waals surface area contributed by atoms with E-state index in [1.165, 1.54) is 34.9 Å². The van der Waals surface area contributed by atoms with Crippen molar-refractivity contribution in [1.29, 1.82) is 0 Å². The lowest BCUT2D eigenvalue weighted by Gasteiger charge is -2.11. The molecular weight excluding hydrogens is 400 g/mol. The highest BCUT2D eigenvalue weighted by Gasteiger charge is 2.14. The summed E-state index contributed by atoms with van der Waals surface area (Å²) in [5.74, 6) is 0.266. The van der Waals surface area contributed by atoms with Crippen molar-refractivity contribution in [3.05, 3.63) is 115 Å². The Bertz CT molecular complexity index is 1410. The maximum absolute atomic E-state index is 13.2. The van der Waals surface area contributed by atoms with Gasteiger partial charge < -0.3 is 0 Å². The zero-order chi connectivity index (χ0) is 22.0. The predicted molar refractivity (Wildman–Crippen MR) is 116 cm³/mol. The Labute approximate surface area is 174 Å². The van der Waals surface area contributed by atoms with E-state index in [0.29, 0.717) is 22.2 Å². The standard InChI is InChI=1S/C22H14N4O5/c27-22-19-6-1-2-7-20(19)23-21(13-10-15-8-11-16(12-9-15)25(28)29)24(22)17-4-3-5-18(14-17)26(30)31/h1-14H. The molecule has 0 bridgehead atoms. The molecule has 0 saturated carbocycles. The minimum Gasteiger partial charge on any atom is -0.268 e. The number of aromatic nitrogens is 2. The van der Waals surface area contributed by atoms with E-state index in [9.17, 15) is 25.0 Å². The van der Waals surface area contributed by atoms with Crippen molar-refractivity contribution < 1.29 is 9.85 Å². The van der Waals surface area contributed by atoms with Crippen LogP contribution in [-0.4, -0.2) is 19.4 Å². The van der Waals surface area contributed by atoms with Crippen molar-refractivity contribution in [2.45, 2.75) is 0 Å². The summed E-state index contributed by atoms with van der Waals surface area (Å²) in [6.45, 7) is 0. The number of nitro groups is 2. The van der Waals surface area contributed by atoms with Gasteiger partial charge in [0.05, 0.1) is 26.4 Å². The first-order valence-electron chi connectivity index (χ1n) is 9.13. The lowest BCUT2D eigenvalue weighted by atomic mass is 10.2. The zero-order valence-corrected chi connectivity index (χ0v) is 15.9. The third kappa shape index (κ3) is 3.92. The summed E-state index contributed by atoms with van der Waals surface area (Å²) < 4.78 is 1.30. The molecule has 0 aliphatic rings. The maximum Gasteiger partial charge on any atom is 0.271 e. The normalized spacial score (nSPS) is 11.1. The molecule has 0 radical (unpaired) electrons. The Hall–Kier alpha value is -4.66. The van der Waals surface area contributed by atoms with Gasteiger partial charge in [0.25, 0.3) is 16.9 Å². The van der Waals surface area contributed by atoms with Crippen LogP contribution in [0.25, 0.3) is 28.7 Å². The van der Waals surface area contributed by atoms with Crippen LogP contribution in [0, 0.1) is 20.2 Å². The van der Waals surface area contributed by atoms with Crippen molar-refractivity contribution in [2.75, 3.05) is 0 Å². The molecule has 152 valence electrons. The number of fused-ring (bicyclic) bond motifs is 1. The van der Waals surface area contributed by atoms with Crippen molar-refractivity contribution in [3.63, 3.8) is 0 Å². The van der Waals surface area contributed by atoms with Gasteiger partial charge in [0.1, 0.15) is 5.82 Å². The van der Waals surface area contributed by atoms with Crippen LogP contribution in [0.2, 0.25) is 0 Å². The highest BCUT2D eigenvalue weighted by Crippen LogP contribution is 2.20. The summed E-state index contributed by atoms with van der Waals surface area (Å²) in [7, 11) is 0. The molecule has 9 nitrogen and oxygen atoms in total. The highest BCUT2D eigenvalue weighted by atomic mass is 16.6. The SMILES string of the molecule is O=c1c2ccccc2nc(C=Cc2ccc([N+](=O)[O-])cc2)n1-c1cccc([N+](=O)[O-])c1. The minimum atomic E-state index is -0.532. The summed E-state index contributed by atoms with van der Waals surface area (Å²) in [6, 6.07) is 18.5. The topological polar surface area (TPSA) is 121 Å². The number of non-ortho nitro benzene ring substituents is 2. The Balaban J connectivity index is 1.88. The number of hydrogen-bond acceptors (Lipinski definition) is 6. The molecule has 1 heterocycles. The molecule has 3 aromatic carbocycles. The molecule has 4 rings (SSSR count). The molecule has 0 aliphatic heterocycles. The van der Waals surface area contributed by atoms with Crippen molar-refractivity contribution in [2.24, 2.45) is 0 Å². The van der Waals surface area contributed by atoms with E-state index in [-0.39, 0.29) is 22.8 Å².